The van der Waals surface area contributed by atoms with Crippen LogP contribution in [0, 0.1) is 0 Å². The average Bonchev–Trinajstić information content (AvgIpc) is 3.28. The number of benzene rings is 1. The Kier molecular flexibility index (Phi) is 8.34. The van der Waals surface area contributed by atoms with Crippen LogP contribution < -0.4 is 10.2 Å². The zero-order valence-corrected chi connectivity index (χ0v) is 19.0. The van der Waals surface area contributed by atoms with Gasteiger partial charge in [0, 0.05) is 38.9 Å². The topological polar surface area (TPSA) is 51.2 Å². The molecule has 0 bridgehead atoms. The summed E-state index contributed by atoms with van der Waals surface area (Å²) in [5, 5.41) is 3.57. The summed E-state index contributed by atoms with van der Waals surface area (Å²) in [5.74, 6) is 0.848. The number of likely N-dealkylation sites (N-methyl/N-ethyl adjacent to an activating group) is 2. The number of hydrogen-bond donors (Lipinski definition) is 1. The summed E-state index contributed by atoms with van der Waals surface area (Å²) in [6.45, 7) is 6.45. The molecule has 150 valence electrons. The molecule has 0 aliphatic carbocycles. The first-order chi connectivity index (χ1) is 12.6. The minimum atomic E-state index is 0. The first kappa shape index (κ1) is 21.9. The van der Waals surface area contributed by atoms with Gasteiger partial charge in [-0.05, 0) is 44.0 Å². The van der Waals surface area contributed by atoms with Gasteiger partial charge < -0.3 is 15.1 Å². The Labute approximate surface area is 180 Å². The number of carbonyl (C=O) groups excluding carboxylic acids is 1. The molecule has 6 nitrogen and oxygen atoms in total. The van der Waals surface area contributed by atoms with Crippen LogP contribution in [0.5, 0.6) is 0 Å². The van der Waals surface area contributed by atoms with E-state index in [0.717, 1.165) is 32.0 Å². The number of amides is 1. The van der Waals surface area contributed by atoms with E-state index in [1.165, 1.54) is 30.6 Å². The smallest absolute Gasteiger partial charge is 0.243 e. The monoisotopic (exact) mass is 485 g/mol. The average molecular weight is 485 g/mol. The molecular formula is C20H32IN5O. The number of halogens is 1. The highest BCUT2D eigenvalue weighted by molar-refractivity contribution is 14.0. The van der Waals surface area contributed by atoms with Gasteiger partial charge in [0.25, 0.3) is 0 Å². The van der Waals surface area contributed by atoms with Gasteiger partial charge in [-0.15, -0.1) is 24.0 Å². The molecule has 1 unspecified atom stereocenters. The summed E-state index contributed by atoms with van der Waals surface area (Å²) >= 11 is 0. The van der Waals surface area contributed by atoms with Crippen LogP contribution in [0.25, 0.3) is 0 Å². The molecule has 27 heavy (non-hydrogen) atoms. The molecule has 1 atom stereocenters. The van der Waals surface area contributed by atoms with Gasteiger partial charge in [-0.2, -0.15) is 0 Å². The molecule has 1 fully saturated rings. The molecule has 0 aromatic heterocycles. The quantitative estimate of drug-likeness (QED) is 0.395. The van der Waals surface area contributed by atoms with Crippen molar-refractivity contribution >= 4 is 41.5 Å². The van der Waals surface area contributed by atoms with Gasteiger partial charge in [0.15, 0.2) is 5.96 Å². The molecule has 1 N–H and O–H groups in total. The van der Waals surface area contributed by atoms with E-state index in [9.17, 15) is 4.79 Å². The summed E-state index contributed by atoms with van der Waals surface area (Å²) in [7, 11) is 3.54. The van der Waals surface area contributed by atoms with Crippen molar-refractivity contribution in [1.29, 1.82) is 0 Å². The Morgan fingerprint density at radius 2 is 2.07 bits per heavy atom. The van der Waals surface area contributed by atoms with Gasteiger partial charge >= 0.3 is 0 Å². The number of guanidine groups is 1. The standard InChI is InChI=1S/C20H31N5O.HI/c1-4-24-12-7-9-17(24)14-21-20(22-15-19(26)23(2)3)25-13-11-16-8-5-6-10-18(16)25;/h5-6,8,10,17H,4,7,9,11-15H2,1-3H3,(H,21,22);1H. The van der Waals surface area contributed by atoms with E-state index in [0.29, 0.717) is 6.04 Å². The molecule has 1 aromatic rings. The molecule has 2 aliphatic heterocycles. The second kappa shape index (κ2) is 10.3. The third-order valence-electron chi connectivity index (χ3n) is 5.41. The van der Waals surface area contributed by atoms with Gasteiger partial charge in [-0.3, -0.25) is 9.69 Å². The van der Waals surface area contributed by atoms with Crippen LogP contribution in [-0.4, -0.2) is 74.5 Å². The van der Waals surface area contributed by atoms with Crippen LogP contribution in [0.1, 0.15) is 25.3 Å². The normalized spacial score (nSPS) is 19.6. The fourth-order valence-electron chi connectivity index (χ4n) is 3.83. The largest absolute Gasteiger partial charge is 0.354 e. The van der Waals surface area contributed by atoms with Gasteiger partial charge in [0.2, 0.25) is 5.91 Å². The number of hydrogen-bond acceptors (Lipinski definition) is 3. The van der Waals surface area contributed by atoms with Crippen molar-refractivity contribution < 1.29 is 4.79 Å². The van der Waals surface area contributed by atoms with Gasteiger partial charge in [-0.25, -0.2) is 4.99 Å². The number of aliphatic imine (C=N–C) groups is 1. The van der Waals surface area contributed by atoms with Crippen LogP contribution in [0.15, 0.2) is 29.3 Å². The fraction of sp³-hybridized carbons (Fsp3) is 0.600. The minimum absolute atomic E-state index is 0. The van der Waals surface area contributed by atoms with Gasteiger partial charge in [0.1, 0.15) is 6.54 Å². The van der Waals surface area contributed by atoms with E-state index >= 15 is 0 Å². The van der Waals surface area contributed by atoms with Crippen LogP contribution in [-0.2, 0) is 11.2 Å². The van der Waals surface area contributed by atoms with Crippen molar-refractivity contribution in [2.45, 2.75) is 32.2 Å². The number of fused-ring (bicyclic) bond motifs is 1. The molecule has 2 heterocycles. The second-order valence-corrected chi connectivity index (χ2v) is 7.26. The third kappa shape index (κ3) is 5.34. The van der Waals surface area contributed by atoms with Crippen molar-refractivity contribution in [3.05, 3.63) is 29.8 Å². The Bertz CT molecular complexity index is 664. The predicted molar refractivity (Wildman–Crippen MR) is 122 cm³/mol. The first-order valence-electron chi connectivity index (χ1n) is 9.68. The zero-order chi connectivity index (χ0) is 18.5. The van der Waals surface area contributed by atoms with Crippen molar-refractivity contribution in [3.8, 4) is 0 Å². The van der Waals surface area contributed by atoms with Crippen LogP contribution in [0.4, 0.5) is 5.69 Å². The highest BCUT2D eigenvalue weighted by Crippen LogP contribution is 2.27. The highest BCUT2D eigenvalue weighted by atomic mass is 127. The van der Waals surface area contributed by atoms with Crippen molar-refractivity contribution in [2.75, 3.05) is 51.7 Å². The Morgan fingerprint density at radius 1 is 1.30 bits per heavy atom. The summed E-state index contributed by atoms with van der Waals surface area (Å²) in [6.07, 6.45) is 3.50. The van der Waals surface area contributed by atoms with Crippen molar-refractivity contribution in [1.82, 2.24) is 15.1 Å². The van der Waals surface area contributed by atoms with Crippen LogP contribution in [0.3, 0.4) is 0 Å². The number of carbonyl (C=O) groups is 1. The van der Waals surface area contributed by atoms with Crippen LogP contribution >= 0.6 is 24.0 Å². The fourth-order valence-corrected chi connectivity index (χ4v) is 3.83. The molecular weight excluding hydrogens is 453 g/mol. The second-order valence-electron chi connectivity index (χ2n) is 7.26. The van der Waals surface area contributed by atoms with E-state index in [4.69, 9.17) is 0 Å². The summed E-state index contributed by atoms with van der Waals surface area (Å²) in [6, 6.07) is 9.01. The van der Waals surface area contributed by atoms with E-state index < -0.39 is 0 Å². The van der Waals surface area contributed by atoms with E-state index in [1.54, 1.807) is 19.0 Å². The maximum absolute atomic E-state index is 12.0. The summed E-state index contributed by atoms with van der Waals surface area (Å²) in [5.41, 5.74) is 2.55. The molecule has 3 rings (SSSR count). The first-order valence-corrected chi connectivity index (χ1v) is 9.68. The lowest BCUT2D eigenvalue weighted by Crippen LogP contribution is -2.47. The molecule has 1 amide bonds. The van der Waals surface area contributed by atoms with Crippen molar-refractivity contribution in [3.63, 3.8) is 0 Å². The van der Waals surface area contributed by atoms with Crippen LogP contribution in [0.2, 0.25) is 0 Å². The zero-order valence-electron chi connectivity index (χ0n) is 16.6. The maximum Gasteiger partial charge on any atom is 0.243 e. The molecule has 1 saturated heterocycles. The lowest BCUT2D eigenvalue weighted by molar-refractivity contribution is -0.127. The number of para-hydroxylation sites is 1. The van der Waals surface area contributed by atoms with E-state index in [1.807, 2.05) is 0 Å². The molecule has 0 saturated carbocycles. The molecule has 7 heteroatoms. The van der Waals surface area contributed by atoms with E-state index in [-0.39, 0.29) is 36.4 Å². The lowest BCUT2D eigenvalue weighted by Gasteiger charge is -2.27. The number of nitrogens with zero attached hydrogens (tertiary/aromatic N) is 4. The predicted octanol–water partition coefficient (Wildman–Crippen LogP) is 2.19. The van der Waals surface area contributed by atoms with Gasteiger partial charge in [-0.1, -0.05) is 25.1 Å². The minimum Gasteiger partial charge on any atom is -0.354 e. The lowest BCUT2D eigenvalue weighted by atomic mass is 10.2. The molecule has 1 aromatic carbocycles. The molecule has 0 radical (unpaired) electrons. The third-order valence-corrected chi connectivity index (χ3v) is 5.41. The number of rotatable bonds is 5. The molecule has 0 spiro atoms. The number of likely N-dealkylation sites (tertiary alicyclic amines) is 1. The molecule has 2 aliphatic rings. The number of anilines is 1. The van der Waals surface area contributed by atoms with E-state index in [2.05, 4.69) is 51.3 Å². The maximum atomic E-state index is 12.0. The highest BCUT2D eigenvalue weighted by Gasteiger charge is 2.26. The summed E-state index contributed by atoms with van der Waals surface area (Å²) in [4.78, 5) is 23.0. The Morgan fingerprint density at radius 3 is 2.81 bits per heavy atom. The van der Waals surface area contributed by atoms with Gasteiger partial charge in [0.05, 0.1) is 0 Å². The SMILES string of the molecule is CCN1CCCC1CNC(=NCC(=O)N(C)C)N1CCc2ccccc21.I. The number of nitrogens with one attached hydrogen (secondary N) is 1. The van der Waals surface area contributed by atoms with Crippen molar-refractivity contribution in [2.24, 2.45) is 4.99 Å². The Balaban J connectivity index is 0.00000261. The Hall–Kier alpha value is -1.35. The summed E-state index contributed by atoms with van der Waals surface area (Å²) < 4.78 is 0.